The molecule has 0 aliphatic heterocycles. The van der Waals surface area contributed by atoms with Gasteiger partial charge in [0.15, 0.2) is 18.0 Å². The minimum absolute atomic E-state index is 0.265. The van der Waals surface area contributed by atoms with E-state index in [0.29, 0.717) is 5.76 Å². The maximum absolute atomic E-state index is 12.4. The summed E-state index contributed by atoms with van der Waals surface area (Å²) in [5.41, 5.74) is 2.58. The van der Waals surface area contributed by atoms with Crippen LogP contribution >= 0.6 is 11.3 Å². The fourth-order valence-corrected chi connectivity index (χ4v) is 4.32. The molecule has 8 heteroatoms. The van der Waals surface area contributed by atoms with E-state index in [1.54, 1.807) is 13.8 Å². The fourth-order valence-electron chi connectivity index (χ4n) is 3.27. The Balaban J connectivity index is 1.45. The van der Waals surface area contributed by atoms with Crippen molar-refractivity contribution in [3.05, 3.63) is 83.6 Å². The van der Waals surface area contributed by atoms with Crippen molar-refractivity contribution in [2.75, 3.05) is 5.32 Å². The lowest BCUT2D eigenvalue weighted by molar-refractivity contribution is -0.138. The van der Waals surface area contributed by atoms with Gasteiger partial charge in [-0.1, -0.05) is 54.6 Å². The standard InChI is InChI=1S/C25H22N2O5S/c1-15(24(28)29)20-12-13-21(33-20)18-8-10-19(11-9-18)22-23(26-14-31-22)27-25(30)32-16(2)17-6-4-3-5-7-17/h3-16H,1-2H3,(H,27,30)(H,28,29)/t15?,16-/m1/s1. The smallest absolute Gasteiger partial charge is 0.413 e. The third-order valence-corrected chi connectivity index (χ3v) is 6.51. The summed E-state index contributed by atoms with van der Waals surface area (Å²) in [6.07, 6.45) is 0.218. The van der Waals surface area contributed by atoms with Gasteiger partial charge in [0.05, 0.1) is 5.92 Å². The zero-order chi connectivity index (χ0) is 23.4. The van der Waals surface area contributed by atoms with E-state index in [9.17, 15) is 14.7 Å². The minimum Gasteiger partial charge on any atom is -0.481 e. The van der Waals surface area contributed by atoms with Crippen molar-refractivity contribution in [2.45, 2.75) is 25.9 Å². The molecule has 7 nitrogen and oxygen atoms in total. The van der Waals surface area contributed by atoms with Crippen molar-refractivity contribution in [3.8, 4) is 21.8 Å². The number of aliphatic carboxylic acids is 1. The third kappa shape index (κ3) is 5.12. The number of hydrogen-bond acceptors (Lipinski definition) is 6. The number of nitrogens with one attached hydrogen (secondary N) is 1. The molecule has 0 spiro atoms. The molecule has 0 aliphatic carbocycles. The Morgan fingerprint density at radius 1 is 1.00 bits per heavy atom. The molecule has 2 heterocycles. The van der Waals surface area contributed by atoms with Crippen molar-refractivity contribution in [3.63, 3.8) is 0 Å². The number of aromatic nitrogens is 1. The zero-order valence-electron chi connectivity index (χ0n) is 18.0. The molecule has 1 amide bonds. The van der Waals surface area contributed by atoms with E-state index in [1.807, 2.05) is 66.7 Å². The lowest BCUT2D eigenvalue weighted by atomic mass is 10.1. The van der Waals surface area contributed by atoms with Gasteiger partial charge in [-0.2, -0.15) is 4.98 Å². The van der Waals surface area contributed by atoms with Crippen molar-refractivity contribution < 1.29 is 23.8 Å². The lowest BCUT2D eigenvalue weighted by Gasteiger charge is -2.13. The highest BCUT2D eigenvalue weighted by molar-refractivity contribution is 7.15. The molecule has 0 aliphatic rings. The van der Waals surface area contributed by atoms with Gasteiger partial charge >= 0.3 is 12.1 Å². The molecule has 168 valence electrons. The van der Waals surface area contributed by atoms with E-state index in [2.05, 4.69) is 10.3 Å². The van der Waals surface area contributed by atoms with Gasteiger partial charge < -0.3 is 14.3 Å². The number of ether oxygens (including phenoxy) is 1. The van der Waals surface area contributed by atoms with Crippen LogP contribution in [0.3, 0.4) is 0 Å². The number of amides is 1. The van der Waals surface area contributed by atoms with Crippen molar-refractivity contribution >= 4 is 29.2 Å². The number of carboxylic acid groups (broad SMARTS) is 1. The number of carboxylic acids is 1. The summed E-state index contributed by atoms with van der Waals surface area (Å²) in [7, 11) is 0. The van der Waals surface area contributed by atoms with Gasteiger partial charge in [-0.25, -0.2) is 4.79 Å². The molecule has 33 heavy (non-hydrogen) atoms. The number of rotatable bonds is 7. The average Bonchev–Trinajstić information content (AvgIpc) is 3.49. The number of thiophene rings is 1. The highest BCUT2D eigenvalue weighted by atomic mass is 32.1. The molecule has 0 saturated heterocycles. The van der Waals surface area contributed by atoms with E-state index < -0.39 is 24.1 Å². The number of carbonyl (C=O) groups is 2. The van der Waals surface area contributed by atoms with Crippen LogP contribution in [-0.4, -0.2) is 22.2 Å². The summed E-state index contributed by atoms with van der Waals surface area (Å²) in [6, 6.07) is 20.8. The maximum Gasteiger partial charge on any atom is 0.413 e. The Kier molecular flexibility index (Phi) is 6.55. The van der Waals surface area contributed by atoms with Crippen LogP contribution in [0.15, 0.2) is 77.5 Å². The second-order valence-electron chi connectivity index (χ2n) is 7.45. The molecule has 0 radical (unpaired) electrons. The Morgan fingerprint density at radius 2 is 1.70 bits per heavy atom. The number of nitrogens with zero attached hydrogens (tertiary/aromatic N) is 1. The molecule has 4 rings (SSSR count). The summed E-state index contributed by atoms with van der Waals surface area (Å²) >= 11 is 1.45. The van der Waals surface area contributed by atoms with Crippen LogP contribution in [-0.2, 0) is 9.53 Å². The molecule has 2 N–H and O–H groups in total. The van der Waals surface area contributed by atoms with Crippen molar-refractivity contribution in [2.24, 2.45) is 0 Å². The molecule has 2 atom stereocenters. The van der Waals surface area contributed by atoms with Crippen LogP contribution < -0.4 is 5.32 Å². The summed E-state index contributed by atoms with van der Waals surface area (Å²) in [5.74, 6) is -0.713. The number of oxazole rings is 1. The normalized spacial score (nSPS) is 12.7. The molecule has 0 saturated carbocycles. The molecular weight excluding hydrogens is 440 g/mol. The van der Waals surface area contributed by atoms with Gasteiger partial charge in [-0.05, 0) is 37.1 Å². The van der Waals surface area contributed by atoms with Crippen LogP contribution in [0.25, 0.3) is 21.8 Å². The SMILES string of the molecule is CC(C(=O)O)c1ccc(-c2ccc(-c3ocnc3NC(=O)O[C@H](C)c3ccccc3)cc2)s1. The second kappa shape index (κ2) is 9.70. The first-order valence-corrected chi connectivity index (χ1v) is 11.1. The van der Waals surface area contributed by atoms with Gasteiger partial charge in [-0.3, -0.25) is 10.1 Å². The molecular formula is C25H22N2O5S. The van der Waals surface area contributed by atoms with E-state index in [4.69, 9.17) is 9.15 Å². The Morgan fingerprint density at radius 3 is 2.39 bits per heavy atom. The number of carbonyl (C=O) groups excluding carboxylic acids is 1. The zero-order valence-corrected chi connectivity index (χ0v) is 18.8. The molecule has 0 fully saturated rings. The van der Waals surface area contributed by atoms with Gasteiger partial charge in [0, 0.05) is 15.3 Å². The van der Waals surface area contributed by atoms with Gasteiger partial charge in [0.1, 0.15) is 6.10 Å². The first kappa shape index (κ1) is 22.3. The molecule has 2 aromatic carbocycles. The van der Waals surface area contributed by atoms with Crippen LogP contribution in [0.5, 0.6) is 0 Å². The van der Waals surface area contributed by atoms with Gasteiger partial charge in [0.2, 0.25) is 0 Å². The largest absolute Gasteiger partial charge is 0.481 e. The lowest BCUT2D eigenvalue weighted by Crippen LogP contribution is -2.16. The number of anilines is 1. The topological polar surface area (TPSA) is 102 Å². The van der Waals surface area contributed by atoms with Crippen LogP contribution in [0.1, 0.15) is 36.3 Å². The maximum atomic E-state index is 12.4. The monoisotopic (exact) mass is 462 g/mol. The average molecular weight is 463 g/mol. The van der Waals surface area contributed by atoms with Crippen molar-refractivity contribution in [1.82, 2.24) is 4.98 Å². The van der Waals surface area contributed by atoms with Gasteiger partial charge in [-0.15, -0.1) is 11.3 Å². The first-order valence-electron chi connectivity index (χ1n) is 10.3. The highest BCUT2D eigenvalue weighted by Crippen LogP contribution is 2.34. The molecule has 1 unspecified atom stereocenters. The predicted octanol–water partition coefficient (Wildman–Crippen LogP) is 6.57. The fraction of sp³-hybridized carbons (Fsp3) is 0.160. The van der Waals surface area contributed by atoms with Crippen LogP contribution in [0.2, 0.25) is 0 Å². The highest BCUT2D eigenvalue weighted by Gasteiger charge is 2.18. The quantitative estimate of drug-likeness (QED) is 0.322. The van der Waals surface area contributed by atoms with Crippen molar-refractivity contribution in [1.29, 1.82) is 0 Å². The van der Waals surface area contributed by atoms with E-state index in [-0.39, 0.29) is 5.82 Å². The van der Waals surface area contributed by atoms with E-state index in [1.165, 1.54) is 17.7 Å². The third-order valence-electron chi connectivity index (χ3n) is 5.20. The van der Waals surface area contributed by atoms with Crippen LogP contribution in [0.4, 0.5) is 10.6 Å². The van der Waals surface area contributed by atoms with E-state index >= 15 is 0 Å². The Hall–Kier alpha value is -3.91. The minimum atomic E-state index is -0.846. The predicted molar refractivity (Wildman–Crippen MR) is 126 cm³/mol. The van der Waals surface area contributed by atoms with Gasteiger partial charge in [0.25, 0.3) is 0 Å². The molecule has 4 aromatic rings. The van der Waals surface area contributed by atoms with E-state index in [0.717, 1.165) is 26.4 Å². The first-order chi connectivity index (χ1) is 15.9. The van der Waals surface area contributed by atoms with Crippen LogP contribution in [0, 0.1) is 0 Å². The molecule has 0 bridgehead atoms. The number of hydrogen-bond donors (Lipinski definition) is 2. The Bertz CT molecular complexity index is 1250. The number of benzene rings is 2. The summed E-state index contributed by atoms with van der Waals surface area (Å²) in [5, 5.41) is 11.8. The molecule has 2 aromatic heterocycles. The Labute approximate surface area is 194 Å². The summed E-state index contributed by atoms with van der Waals surface area (Å²) in [6.45, 7) is 3.47. The summed E-state index contributed by atoms with van der Waals surface area (Å²) in [4.78, 5) is 29.4. The summed E-state index contributed by atoms with van der Waals surface area (Å²) < 4.78 is 10.9. The second-order valence-corrected chi connectivity index (χ2v) is 8.57.